The van der Waals surface area contributed by atoms with Crippen LogP contribution >= 0.6 is 0 Å². The van der Waals surface area contributed by atoms with Gasteiger partial charge in [-0.2, -0.15) is 0 Å². The number of rotatable bonds is 8. The van der Waals surface area contributed by atoms with E-state index in [2.05, 4.69) is 0 Å². The summed E-state index contributed by atoms with van der Waals surface area (Å²) < 4.78 is 0. The first-order valence-corrected chi connectivity index (χ1v) is 7.30. The van der Waals surface area contributed by atoms with Crippen LogP contribution in [-0.4, -0.2) is 51.0 Å². The fourth-order valence-corrected chi connectivity index (χ4v) is 2.77. The number of carboxylic acid groups (broad SMARTS) is 1. The zero-order chi connectivity index (χ0) is 16.0. The van der Waals surface area contributed by atoms with E-state index in [1.807, 2.05) is 6.92 Å². The number of unbranched alkanes of at least 4 members (excludes halogenated alkanes) is 1. The Bertz CT molecular complexity index is 405. The molecule has 0 heterocycles. The molecule has 0 amide bonds. The largest absolute Gasteiger partial charge is 0.480 e. The predicted octanol–water partition coefficient (Wildman–Crippen LogP) is 0.497. The van der Waals surface area contributed by atoms with E-state index in [1.54, 1.807) is 6.08 Å². The van der Waals surface area contributed by atoms with Gasteiger partial charge in [0.1, 0.15) is 0 Å². The minimum atomic E-state index is -1.97. The molecule has 0 radical (unpaired) electrons. The van der Waals surface area contributed by atoms with Crippen molar-refractivity contribution < 1.29 is 30.0 Å². The maximum atomic E-state index is 11.8. The van der Waals surface area contributed by atoms with Crippen LogP contribution in [0.5, 0.6) is 0 Å². The summed E-state index contributed by atoms with van der Waals surface area (Å²) in [5, 5.41) is 38.2. The lowest BCUT2D eigenvalue weighted by Gasteiger charge is -2.26. The van der Waals surface area contributed by atoms with Gasteiger partial charge < -0.3 is 20.4 Å². The topological polar surface area (TPSA) is 115 Å². The fraction of sp³-hybridized carbons (Fsp3) is 0.733. The molecule has 1 saturated carbocycles. The van der Waals surface area contributed by atoms with Crippen molar-refractivity contribution in [2.45, 2.75) is 51.2 Å². The number of carbonyl (C=O) groups excluding carboxylic acids is 1. The van der Waals surface area contributed by atoms with E-state index < -0.39 is 41.9 Å². The van der Waals surface area contributed by atoms with Crippen LogP contribution in [0.3, 0.4) is 0 Å². The normalized spacial score (nSPS) is 31.0. The first-order chi connectivity index (χ1) is 9.90. The molecule has 4 atom stereocenters. The Hall–Kier alpha value is -1.24. The monoisotopic (exact) mass is 300 g/mol. The molecule has 1 aliphatic rings. The molecule has 1 rings (SSSR count). The number of Topliss-reactive ketones (excluding diaryl/α,β-unsaturated/α-hetero) is 1. The minimum absolute atomic E-state index is 0.278. The standard InChI is InChI=1S/C15H24O6/c1-2-3-5-10(17)6-4-7-11-12(18)8-13(19)15(11,9-16)14(20)21/h4,7,10-12,16-18H,2-3,5-6,8-9H2,1H3,(H,20,21)/b7-4+/t10-,11+,12-,15?/m1/s1. The number of aliphatic carboxylic acids is 1. The fourth-order valence-electron chi connectivity index (χ4n) is 2.77. The van der Waals surface area contributed by atoms with Crippen molar-refractivity contribution in [2.24, 2.45) is 11.3 Å². The highest BCUT2D eigenvalue weighted by atomic mass is 16.4. The summed E-state index contributed by atoms with van der Waals surface area (Å²) in [6.45, 7) is 1.18. The first kappa shape index (κ1) is 17.8. The average Bonchev–Trinajstić information content (AvgIpc) is 2.68. The van der Waals surface area contributed by atoms with Crippen molar-refractivity contribution in [3.05, 3.63) is 12.2 Å². The summed E-state index contributed by atoms with van der Waals surface area (Å²) in [7, 11) is 0. The van der Waals surface area contributed by atoms with Crippen LogP contribution in [0.15, 0.2) is 12.2 Å². The Balaban J connectivity index is 2.79. The lowest BCUT2D eigenvalue weighted by atomic mass is 9.77. The van der Waals surface area contributed by atoms with Gasteiger partial charge in [-0.25, -0.2) is 0 Å². The number of aliphatic hydroxyl groups is 3. The van der Waals surface area contributed by atoms with Crippen LogP contribution in [0.25, 0.3) is 0 Å². The van der Waals surface area contributed by atoms with Gasteiger partial charge in [0, 0.05) is 12.3 Å². The quantitative estimate of drug-likeness (QED) is 0.383. The molecule has 1 fully saturated rings. The molecule has 0 aromatic carbocycles. The molecule has 21 heavy (non-hydrogen) atoms. The molecule has 0 aromatic rings. The molecular weight excluding hydrogens is 276 g/mol. The molecule has 0 saturated heterocycles. The van der Waals surface area contributed by atoms with Crippen LogP contribution in [0, 0.1) is 11.3 Å². The zero-order valence-corrected chi connectivity index (χ0v) is 12.2. The third kappa shape index (κ3) is 3.70. The van der Waals surface area contributed by atoms with Gasteiger partial charge in [-0.15, -0.1) is 0 Å². The van der Waals surface area contributed by atoms with E-state index >= 15 is 0 Å². The van der Waals surface area contributed by atoms with E-state index in [0.29, 0.717) is 12.8 Å². The highest BCUT2D eigenvalue weighted by Gasteiger charge is 2.58. The van der Waals surface area contributed by atoms with Crippen LogP contribution in [-0.2, 0) is 9.59 Å². The molecule has 1 aliphatic carbocycles. The van der Waals surface area contributed by atoms with Crippen molar-refractivity contribution in [3.63, 3.8) is 0 Å². The van der Waals surface area contributed by atoms with Crippen LogP contribution < -0.4 is 0 Å². The molecule has 120 valence electrons. The van der Waals surface area contributed by atoms with Gasteiger partial charge >= 0.3 is 5.97 Å². The van der Waals surface area contributed by atoms with Crippen LogP contribution in [0.4, 0.5) is 0 Å². The molecule has 6 nitrogen and oxygen atoms in total. The lowest BCUT2D eigenvalue weighted by Crippen LogP contribution is -2.44. The number of hydrogen-bond donors (Lipinski definition) is 4. The Morgan fingerprint density at radius 2 is 2.19 bits per heavy atom. The SMILES string of the molecule is CCCC[C@@H](O)C/C=C/[C@H]1[C@H](O)CC(=O)C1(CO)C(=O)O. The number of ketones is 1. The summed E-state index contributed by atoms with van der Waals surface area (Å²) >= 11 is 0. The maximum absolute atomic E-state index is 11.8. The summed E-state index contributed by atoms with van der Waals surface area (Å²) in [5.41, 5.74) is -1.97. The summed E-state index contributed by atoms with van der Waals surface area (Å²) in [4.78, 5) is 23.2. The molecular formula is C15H24O6. The number of hydrogen-bond acceptors (Lipinski definition) is 5. The van der Waals surface area contributed by atoms with Crippen LogP contribution in [0.1, 0.15) is 39.0 Å². The second kappa shape index (κ2) is 7.68. The van der Waals surface area contributed by atoms with Gasteiger partial charge in [0.15, 0.2) is 11.2 Å². The number of carbonyl (C=O) groups is 2. The van der Waals surface area contributed by atoms with E-state index in [4.69, 9.17) is 0 Å². The Kier molecular flexibility index (Phi) is 6.51. The van der Waals surface area contributed by atoms with E-state index in [0.717, 1.165) is 12.8 Å². The van der Waals surface area contributed by atoms with Crippen molar-refractivity contribution in [1.82, 2.24) is 0 Å². The van der Waals surface area contributed by atoms with Gasteiger partial charge in [0.2, 0.25) is 0 Å². The summed E-state index contributed by atoms with van der Waals surface area (Å²) in [6.07, 6.45) is 3.96. The van der Waals surface area contributed by atoms with E-state index in [-0.39, 0.29) is 6.42 Å². The second-order valence-corrected chi connectivity index (χ2v) is 5.61. The molecule has 0 bridgehead atoms. The van der Waals surface area contributed by atoms with Crippen molar-refractivity contribution in [3.8, 4) is 0 Å². The second-order valence-electron chi connectivity index (χ2n) is 5.61. The number of carboxylic acids is 1. The number of aliphatic hydroxyl groups excluding tert-OH is 3. The smallest absolute Gasteiger partial charge is 0.320 e. The Morgan fingerprint density at radius 3 is 2.71 bits per heavy atom. The van der Waals surface area contributed by atoms with Crippen molar-refractivity contribution in [1.29, 1.82) is 0 Å². The molecule has 0 spiro atoms. The molecule has 0 aliphatic heterocycles. The van der Waals surface area contributed by atoms with Crippen LogP contribution in [0.2, 0.25) is 0 Å². The zero-order valence-electron chi connectivity index (χ0n) is 12.2. The first-order valence-electron chi connectivity index (χ1n) is 7.30. The van der Waals surface area contributed by atoms with Gasteiger partial charge in [-0.1, -0.05) is 31.9 Å². The van der Waals surface area contributed by atoms with E-state index in [1.165, 1.54) is 6.08 Å². The highest BCUT2D eigenvalue weighted by Crippen LogP contribution is 2.41. The van der Waals surface area contributed by atoms with Gasteiger partial charge in [0.05, 0.1) is 18.8 Å². The van der Waals surface area contributed by atoms with E-state index in [9.17, 15) is 30.0 Å². The lowest BCUT2D eigenvalue weighted by molar-refractivity contribution is -0.158. The molecule has 1 unspecified atom stereocenters. The Labute approximate surface area is 124 Å². The molecule has 6 heteroatoms. The van der Waals surface area contributed by atoms with Gasteiger partial charge in [0.25, 0.3) is 0 Å². The molecule has 4 N–H and O–H groups in total. The maximum Gasteiger partial charge on any atom is 0.320 e. The third-order valence-corrected chi connectivity index (χ3v) is 4.15. The summed E-state index contributed by atoms with van der Waals surface area (Å²) in [6, 6.07) is 0. The average molecular weight is 300 g/mol. The van der Waals surface area contributed by atoms with Crippen molar-refractivity contribution >= 4 is 11.8 Å². The highest BCUT2D eigenvalue weighted by molar-refractivity contribution is 6.06. The summed E-state index contributed by atoms with van der Waals surface area (Å²) in [5.74, 6) is -3.05. The molecule has 0 aromatic heterocycles. The third-order valence-electron chi connectivity index (χ3n) is 4.15. The Morgan fingerprint density at radius 1 is 1.52 bits per heavy atom. The van der Waals surface area contributed by atoms with Gasteiger partial charge in [-0.05, 0) is 12.8 Å². The van der Waals surface area contributed by atoms with Gasteiger partial charge in [-0.3, -0.25) is 9.59 Å². The minimum Gasteiger partial charge on any atom is -0.480 e. The predicted molar refractivity (Wildman–Crippen MR) is 75.6 cm³/mol. The van der Waals surface area contributed by atoms with Crippen molar-refractivity contribution in [2.75, 3.05) is 6.61 Å².